The third kappa shape index (κ3) is 2.62. The summed E-state index contributed by atoms with van der Waals surface area (Å²) in [7, 11) is 0. The summed E-state index contributed by atoms with van der Waals surface area (Å²) < 4.78 is 2.06. The lowest BCUT2D eigenvalue weighted by Gasteiger charge is -2.28. The van der Waals surface area contributed by atoms with Crippen molar-refractivity contribution in [1.82, 2.24) is 20.4 Å². The van der Waals surface area contributed by atoms with Crippen molar-refractivity contribution in [2.45, 2.75) is 6.04 Å². The SMILES string of the molecule is C=CCNCCNc1ccnn1C1CNC1. The Hall–Kier alpha value is -1.33. The average molecular weight is 221 g/mol. The molecule has 1 aliphatic rings. The van der Waals surface area contributed by atoms with E-state index in [-0.39, 0.29) is 0 Å². The minimum Gasteiger partial charge on any atom is -0.369 e. The molecule has 3 N–H and O–H groups in total. The summed E-state index contributed by atoms with van der Waals surface area (Å²) in [5.41, 5.74) is 0. The van der Waals surface area contributed by atoms with Gasteiger partial charge in [0.15, 0.2) is 0 Å². The molecule has 0 bridgehead atoms. The van der Waals surface area contributed by atoms with Crippen molar-refractivity contribution in [2.24, 2.45) is 0 Å². The highest BCUT2D eigenvalue weighted by molar-refractivity contribution is 5.34. The molecule has 1 aromatic heterocycles. The number of rotatable bonds is 7. The fraction of sp³-hybridized carbons (Fsp3) is 0.545. The predicted molar refractivity (Wildman–Crippen MR) is 65.7 cm³/mol. The quantitative estimate of drug-likeness (QED) is 0.455. The first-order chi connectivity index (χ1) is 7.92. The van der Waals surface area contributed by atoms with Crippen LogP contribution in [0.15, 0.2) is 24.9 Å². The van der Waals surface area contributed by atoms with E-state index in [2.05, 4.69) is 32.3 Å². The van der Waals surface area contributed by atoms with Gasteiger partial charge in [0.25, 0.3) is 0 Å². The van der Waals surface area contributed by atoms with Crippen LogP contribution in [0.2, 0.25) is 0 Å². The first-order valence-corrected chi connectivity index (χ1v) is 5.71. The van der Waals surface area contributed by atoms with Gasteiger partial charge in [-0.15, -0.1) is 6.58 Å². The number of nitrogens with one attached hydrogen (secondary N) is 3. The maximum atomic E-state index is 4.33. The first-order valence-electron chi connectivity index (χ1n) is 5.71. The molecule has 1 fully saturated rings. The molecular weight excluding hydrogens is 202 g/mol. The molecule has 0 radical (unpaired) electrons. The lowest BCUT2D eigenvalue weighted by Crippen LogP contribution is -2.44. The second kappa shape index (κ2) is 5.67. The van der Waals surface area contributed by atoms with Crippen LogP contribution in [0.25, 0.3) is 0 Å². The standard InChI is InChI=1S/C11H19N5/c1-2-4-12-6-7-14-11-3-5-15-16(11)10-8-13-9-10/h2-3,5,10,12-14H,1,4,6-9H2. The Morgan fingerprint density at radius 3 is 3.12 bits per heavy atom. The molecule has 0 unspecified atom stereocenters. The molecular formula is C11H19N5. The zero-order chi connectivity index (χ0) is 11.2. The molecule has 1 saturated heterocycles. The molecule has 88 valence electrons. The van der Waals surface area contributed by atoms with Gasteiger partial charge in [0.1, 0.15) is 5.82 Å². The van der Waals surface area contributed by atoms with Gasteiger partial charge in [0.2, 0.25) is 0 Å². The number of hydrogen-bond acceptors (Lipinski definition) is 4. The van der Waals surface area contributed by atoms with Crippen LogP contribution in [0.3, 0.4) is 0 Å². The van der Waals surface area contributed by atoms with Gasteiger partial charge in [-0.1, -0.05) is 6.08 Å². The van der Waals surface area contributed by atoms with Gasteiger partial charge in [-0.2, -0.15) is 5.10 Å². The Labute approximate surface area is 95.9 Å². The fourth-order valence-electron chi connectivity index (χ4n) is 1.67. The molecule has 5 nitrogen and oxygen atoms in total. The van der Waals surface area contributed by atoms with Crippen LogP contribution in [0.1, 0.15) is 6.04 Å². The Morgan fingerprint density at radius 1 is 1.56 bits per heavy atom. The van der Waals surface area contributed by atoms with E-state index in [0.29, 0.717) is 6.04 Å². The van der Waals surface area contributed by atoms with Gasteiger partial charge in [-0.3, -0.25) is 0 Å². The molecule has 1 aromatic rings. The van der Waals surface area contributed by atoms with E-state index < -0.39 is 0 Å². The van der Waals surface area contributed by atoms with Crippen LogP contribution in [0, 0.1) is 0 Å². The van der Waals surface area contributed by atoms with E-state index in [1.54, 1.807) is 0 Å². The summed E-state index contributed by atoms with van der Waals surface area (Å²) in [4.78, 5) is 0. The molecule has 0 spiro atoms. The van der Waals surface area contributed by atoms with Gasteiger partial charge in [-0.25, -0.2) is 4.68 Å². The van der Waals surface area contributed by atoms with Crippen molar-refractivity contribution < 1.29 is 0 Å². The van der Waals surface area contributed by atoms with Crippen LogP contribution in [0.5, 0.6) is 0 Å². The monoisotopic (exact) mass is 221 g/mol. The molecule has 5 heteroatoms. The molecule has 2 heterocycles. The number of anilines is 1. The summed E-state index contributed by atoms with van der Waals surface area (Å²) in [5.74, 6) is 1.10. The molecule has 0 aliphatic carbocycles. The summed E-state index contributed by atoms with van der Waals surface area (Å²) >= 11 is 0. The Balaban J connectivity index is 1.75. The van der Waals surface area contributed by atoms with E-state index in [1.165, 1.54) is 0 Å². The predicted octanol–water partition coefficient (Wildman–Crippen LogP) is 0.215. The highest BCUT2D eigenvalue weighted by Gasteiger charge is 2.21. The van der Waals surface area contributed by atoms with Crippen molar-refractivity contribution in [3.8, 4) is 0 Å². The fourth-order valence-corrected chi connectivity index (χ4v) is 1.67. The maximum Gasteiger partial charge on any atom is 0.124 e. The Bertz CT molecular complexity index is 329. The van der Waals surface area contributed by atoms with E-state index in [4.69, 9.17) is 0 Å². The smallest absolute Gasteiger partial charge is 0.124 e. The lowest BCUT2D eigenvalue weighted by atomic mass is 10.2. The van der Waals surface area contributed by atoms with Crippen LogP contribution < -0.4 is 16.0 Å². The van der Waals surface area contributed by atoms with Crippen molar-refractivity contribution in [1.29, 1.82) is 0 Å². The number of aromatic nitrogens is 2. The zero-order valence-electron chi connectivity index (χ0n) is 9.45. The number of hydrogen-bond donors (Lipinski definition) is 3. The van der Waals surface area contributed by atoms with Gasteiger partial charge in [-0.05, 0) is 0 Å². The van der Waals surface area contributed by atoms with E-state index in [1.807, 2.05) is 18.3 Å². The Morgan fingerprint density at radius 2 is 2.44 bits per heavy atom. The molecule has 2 rings (SSSR count). The van der Waals surface area contributed by atoms with Crippen LogP contribution in [-0.2, 0) is 0 Å². The number of nitrogens with zero attached hydrogens (tertiary/aromatic N) is 2. The van der Waals surface area contributed by atoms with Gasteiger partial charge >= 0.3 is 0 Å². The first kappa shape index (κ1) is 11.2. The maximum absolute atomic E-state index is 4.33. The van der Waals surface area contributed by atoms with Crippen LogP contribution in [-0.4, -0.2) is 42.5 Å². The average Bonchev–Trinajstić information content (AvgIpc) is 2.64. The van der Waals surface area contributed by atoms with Gasteiger partial charge < -0.3 is 16.0 Å². The minimum absolute atomic E-state index is 0.513. The van der Waals surface area contributed by atoms with E-state index >= 15 is 0 Å². The zero-order valence-corrected chi connectivity index (χ0v) is 9.45. The normalized spacial score (nSPS) is 15.8. The summed E-state index contributed by atoms with van der Waals surface area (Å²) in [6.07, 6.45) is 3.71. The van der Waals surface area contributed by atoms with Crippen molar-refractivity contribution in [2.75, 3.05) is 38.0 Å². The van der Waals surface area contributed by atoms with Crippen molar-refractivity contribution in [3.05, 3.63) is 24.9 Å². The highest BCUT2D eigenvalue weighted by atomic mass is 15.4. The molecule has 1 aliphatic heterocycles. The minimum atomic E-state index is 0.513. The second-order valence-corrected chi connectivity index (χ2v) is 3.89. The molecule has 0 saturated carbocycles. The van der Waals surface area contributed by atoms with Crippen molar-refractivity contribution >= 4 is 5.82 Å². The Kier molecular flexibility index (Phi) is 3.96. The third-order valence-electron chi connectivity index (χ3n) is 2.67. The van der Waals surface area contributed by atoms with Gasteiger partial charge in [0, 0.05) is 38.8 Å². The summed E-state index contributed by atoms with van der Waals surface area (Å²) in [6.45, 7) is 8.39. The van der Waals surface area contributed by atoms with Crippen LogP contribution in [0.4, 0.5) is 5.82 Å². The molecule has 0 amide bonds. The second-order valence-electron chi connectivity index (χ2n) is 3.89. The molecule has 0 atom stereocenters. The van der Waals surface area contributed by atoms with Gasteiger partial charge in [0.05, 0.1) is 12.2 Å². The van der Waals surface area contributed by atoms with E-state index in [9.17, 15) is 0 Å². The van der Waals surface area contributed by atoms with E-state index in [0.717, 1.165) is 38.5 Å². The summed E-state index contributed by atoms with van der Waals surface area (Å²) in [6, 6.07) is 2.53. The highest BCUT2D eigenvalue weighted by Crippen LogP contribution is 2.16. The largest absolute Gasteiger partial charge is 0.369 e. The molecule has 16 heavy (non-hydrogen) atoms. The van der Waals surface area contributed by atoms with Crippen molar-refractivity contribution in [3.63, 3.8) is 0 Å². The van der Waals surface area contributed by atoms with Crippen LogP contribution >= 0.6 is 0 Å². The summed E-state index contributed by atoms with van der Waals surface area (Å²) in [5, 5.41) is 14.2. The third-order valence-corrected chi connectivity index (χ3v) is 2.67. The lowest BCUT2D eigenvalue weighted by molar-refractivity contribution is 0.321. The topological polar surface area (TPSA) is 53.9 Å². The molecule has 0 aromatic carbocycles.